The van der Waals surface area contributed by atoms with Gasteiger partial charge < -0.3 is 19.2 Å². The second kappa shape index (κ2) is 8.64. The monoisotopic (exact) mass is 400 g/mol. The quantitative estimate of drug-likeness (QED) is 0.483. The van der Waals surface area contributed by atoms with Crippen molar-refractivity contribution in [2.24, 2.45) is 0 Å². The molecule has 0 aliphatic heterocycles. The van der Waals surface area contributed by atoms with Gasteiger partial charge in [-0.25, -0.2) is 9.97 Å². The highest BCUT2D eigenvalue weighted by molar-refractivity contribution is 5.76. The molecule has 1 N–H and O–H groups in total. The molecule has 0 radical (unpaired) electrons. The summed E-state index contributed by atoms with van der Waals surface area (Å²) in [7, 11) is 1.64. The summed E-state index contributed by atoms with van der Waals surface area (Å²) in [5.41, 5.74) is 2.87. The van der Waals surface area contributed by atoms with E-state index >= 15 is 0 Å². The van der Waals surface area contributed by atoms with Crippen LogP contribution < -0.4 is 9.47 Å². The fourth-order valence-corrected chi connectivity index (χ4v) is 3.05. The van der Waals surface area contributed by atoms with E-state index in [1.54, 1.807) is 37.6 Å². The van der Waals surface area contributed by atoms with Gasteiger partial charge >= 0.3 is 0 Å². The van der Waals surface area contributed by atoms with Gasteiger partial charge in [0.15, 0.2) is 5.65 Å². The van der Waals surface area contributed by atoms with Crippen LogP contribution in [0.25, 0.3) is 22.6 Å². The van der Waals surface area contributed by atoms with Gasteiger partial charge in [-0.15, -0.1) is 0 Å². The van der Waals surface area contributed by atoms with Gasteiger partial charge in [0.25, 0.3) is 0 Å². The number of fused-ring (bicyclic) bond motifs is 1. The number of H-pyrrole nitrogens is 1. The van der Waals surface area contributed by atoms with Crippen molar-refractivity contribution in [3.05, 3.63) is 66.4 Å². The number of ether oxygens (including phenoxy) is 3. The van der Waals surface area contributed by atoms with E-state index in [1.165, 1.54) is 0 Å². The van der Waals surface area contributed by atoms with Crippen molar-refractivity contribution in [2.45, 2.75) is 13.0 Å². The van der Waals surface area contributed by atoms with Crippen LogP contribution in [0.4, 0.5) is 0 Å². The van der Waals surface area contributed by atoms with Gasteiger partial charge in [0.1, 0.15) is 34.7 Å². The number of rotatable bonds is 7. The number of hydrogen-bond acceptors (Lipinski definition) is 6. The number of aromatic amines is 1. The first-order valence-corrected chi connectivity index (χ1v) is 9.44. The van der Waals surface area contributed by atoms with Crippen molar-refractivity contribution in [2.75, 3.05) is 13.7 Å². The van der Waals surface area contributed by atoms with Crippen LogP contribution in [0.5, 0.6) is 17.2 Å². The van der Waals surface area contributed by atoms with Gasteiger partial charge in [-0.3, -0.25) is 0 Å². The van der Waals surface area contributed by atoms with Gasteiger partial charge in [-0.1, -0.05) is 0 Å². The van der Waals surface area contributed by atoms with E-state index in [2.05, 4.69) is 21.0 Å². The fraction of sp³-hybridized carbons (Fsp3) is 0.174. The van der Waals surface area contributed by atoms with Crippen LogP contribution >= 0.6 is 0 Å². The summed E-state index contributed by atoms with van der Waals surface area (Å²) in [6.45, 7) is 2.40. The Morgan fingerprint density at radius 2 is 1.87 bits per heavy atom. The van der Waals surface area contributed by atoms with Crippen LogP contribution in [0.2, 0.25) is 0 Å². The molecule has 1 unspecified atom stereocenters. The van der Waals surface area contributed by atoms with Crippen molar-refractivity contribution >= 4 is 11.2 Å². The number of benzene rings is 2. The number of hydrogen-bond donors (Lipinski definition) is 1. The molecule has 0 fully saturated rings. The van der Waals surface area contributed by atoms with Crippen LogP contribution in [0.3, 0.4) is 0 Å². The third kappa shape index (κ3) is 4.40. The van der Waals surface area contributed by atoms with Crippen LogP contribution in [0.1, 0.15) is 12.5 Å². The third-order valence-electron chi connectivity index (χ3n) is 4.37. The average molecular weight is 400 g/mol. The predicted octanol–water partition coefficient (Wildman–Crippen LogP) is 4.70. The van der Waals surface area contributed by atoms with E-state index in [1.807, 2.05) is 37.3 Å². The second-order valence-electron chi connectivity index (χ2n) is 6.77. The molecule has 0 saturated heterocycles. The largest absolute Gasteiger partial charge is 0.488 e. The molecule has 0 spiro atoms. The first kappa shape index (κ1) is 19.4. The number of nitrogens with zero attached hydrogens (tertiary/aromatic N) is 3. The highest BCUT2D eigenvalue weighted by Crippen LogP contribution is 2.32. The van der Waals surface area contributed by atoms with Crippen molar-refractivity contribution in [1.29, 1.82) is 5.26 Å². The zero-order valence-electron chi connectivity index (χ0n) is 16.6. The molecule has 0 saturated carbocycles. The maximum Gasteiger partial charge on any atom is 0.157 e. The van der Waals surface area contributed by atoms with Crippen LogP contribution in [0.15, 0.2) is 60.8 Å². The van der Waals surface area contributed by atoms with E-state index in [-0.39, 0.29) is 6.10 Å². The van der Waals surface area contributed by atoms with E-state index in [9.17, 15) is 0 Å². The fourth-order valence-electron chi connectivity index (χ4n) is 3.05. The Kier molecular flexibility index (Phi) is 5.59. The van der Waals surface area contributed by atoms with E-state index < -0.39 is 0 Å². The minimum absolute atomic E-state index is 0.134. The van der Waals surface area contributed by atoms with Gasteiger partial charge in [0, 0.05) is 24.9 Å². The summed E-state index contributed by atoms with van der Waals surface area (Å²) in [5, 5.41) is 8.97. The summed E-state index contributed by atoms with van der Waals surface area (Å²) >= 11 is 0. The molecule has 0 bridgehead atoms. The Balaban J connectivity index is 1.70. The van der Waals surface area contributed by atoms with Gasteiger partial charge in [-0.05, 0) is 55.5 Å². The second-order valence-corrected chi connectivity index (χ2v) is 6.77. The highest BCUT2D eigenvalue weighted by atomic mass is 16.5. The normalized spacial score (nSPS) is 11.8. The topological polar surface area (TPSA) is 93.1 Å². The Morgan fingerprint density at radius 1 is 1.07 bits per heavy atom. The Hall–Kier alpha value is -3.89. The summed E-state index contributed by atoms with van der Waals surface area (Å²) in [4.78, 5) is 12.2. The predicted molar refractivity (Wildman–Crippen MR) is 113 cm³/mol. The standard InChI is InChI=1S/C23H20N4O3/c1-15(14-28-2)29-19-10-17(22-26-21-4-3-9-25-23(21)27-22)11-20(12-19)30-18-7-5-16(13-24)6-8-18/h3-12,15H,14H2,1-2H3,(H,25,26,27). The SMILES string of the molecule is COCC(C)Oc1cc(Oc2ccc(C#N)cc2)cc(-c2nc3cccnc3[nH]2)c1. The van der Waals surface area contributed by atoms with E-state index in [0.29, 0.717) is 40.9 Å². The lowest BCUT2D eigenvalue weighted by atomic mass is 10.2. The molecule has 2 heterocycles. The third-order valence-corrected chi connectivity index (χ3v) is 4.37. The van der Waals surface area contributed by atoms with E-state index in [0.717, 1.165) is 11.1 Å². The molecule has 2 aromatic heterocycles. The minimum atomic E-state index is -0.134. The summed E-state index contributed by atoms with van der Waals surface area (Å²) in [6.07, 6.45) is 1.58. The Labute approximate surface area is 173 Å². The van der Waals surface area contributed by atoms with Crippen LogP contribution in [-0.2, 0) is 4.74 Å². The zero-order chi connectivity index (χ0) is 20.9. The summed E-state index contributed by atoms with van der Waals surface area (Å²) in [5.74, 6) is 2.51. The summed E-state index contributed by atoms with van der Waals surface area (Å²) < 4.78 is 17.2. The molecule has 0 aliphatic rings. The number of pyridine rings is 1. The molecule has 7 heteroatoms. The molecule has 30 heavy (non-hydrogen) atoms. The smallest absolute Gasteiger partial charge is 0.157 e. The molecule has 4 aromatic rings. The average Bonchev–Trinajstić information content (AvgIpc) is 3.19. The molecule has 0 aliphatic carbocycles. The molecule has 0 amide bonds. The van der Waals surface area contributed by atoms with E-state index in [4.69, 9.17) is 19.5 Å². The maximum absolute atomic E-state index is 8.97. The highest BCUT2D eigenvalue weighted by Gasteiger charge is 2.12. The van der Waals surface area contributed by atoms with Gasteiger partial charge in [0.05, 0.1) is 18.2 Å². The number of aromatic nitrogens is 3. The Bertz CT molecular complexity index is 1160. The van der Waals surface area contributed by atoms with Gasteiger partial charge in [0.2, 0.25) is 0 Å². The lowest BCUT2D eigenvalue weighted by molar-refractivity contribution is 0.0920. The molecular formula is C23H20N4O3. The maximum atomic E-state index is 8.97. The number of methoxy groups -OCH3 is 1. The van der Waals surface area contributed by atoms with Crippen LogP contribution in [-0.4, -0.2) is 34.8 Å². The molecule has 4 rings (SSSR count). The van der Waals surface area contributed by atoms with Gasteiger partial charge in [-0.2, -0.15) is 5.26 Å². The van der Waals surface area contributed by atoms with Crippen molar-refractivity contribution < 1.29 is 14.2 Å². The number of imidazole rings is 1. The van der Waals surface area contributed by atoms with Crippen LogP contribution in [0, 0.1) is 11.3 Å². The first-order chi connectivity index (χ1) is 14.6. The Morgan fingerprint density at radius 3 is 2.60 bits per heavy atom. The molecular weight excluding hydrogens is 380 g/mol. The number of nitrogens with one attached hydrogen (secondary N) is 1. The number of nitriles is 1. The molecule has 2 aromatic carbocycles. The summed E-state index contributed by atoms with van der Waals surface area (Å²) in [6, 6.07) is 18.4. The molecule has 7 nitrogen and oxygen atoms in total. The van der Waals surface area contributed by atoms with Crippen molar-refractivity contribution in [1.82, 2.24) is 15.0 Å². The lowest BCUT2D eigenvalue weighted by Gasteiger charge is -2.16. The first-order valence-electron chi connectivity index (χ1n) is 9.44. The molecule has 150 valence electrons. The lowest BCUT2D eigenvalue weighted by Crippen LogP contribution is -2.17. The zero-order valence-corrected chi connectivity index (χ0v) is 16.6. The van der Waals surface area contributed by atoms with Crippen molar-refractivity contribution in [3.8, 4) is 34.7 Å². The minimum Gasteiger partial charge on any atom is -0.488 e. The molecule has 1 atom stereocenters. The van der Waals surface area contributed by atoms with Crippen molar-refractivity contribution in [3.63, 3.8) is 0 Å².